The highest BCUT2D eigenvalue weighted by molar-refractivity contribution is 6.30. The van der Waals surface area contributed by atoms with Crippen LogP contribution in [0.15, 0.2) is 36.4 Å². The van der Waals surface area contributed by atoms with Crippen LogP contribution in [0.2, 0.25) is 5.02 Å². The summed E-state index contributed by atoms with van der Waals surface area (Å²) in [6.07, 6.45) is -4.27. The summed E-state index contributed by atoms with van der Waals surface area (Å²) >= 11 is 5.34. The van der Waals surface area contributed by atoms with Crippen molar-refractivity contribution in [2.75, 3.05) is 0 Å². The highest BCUT2D eigenvalue weighted by Crippen LogP contribution is 2.35. The molecule has 0 saturated heterocycles. The Morgan fingerprint density at radius 3 is 1.90 bits per heavy atom. The molecule has 7 heteroatoms. The number of hydrogen-bond acceptors (Lipinski definition) is 1. The number of hydrogen-bond donors (Lipinski definition) is 0. The lowest BCUT2D eigenvalue weighted by Crippen LogP contribution is -2.25. The van der Waals surface area contributed by atoms with Gasteiger partial charge in [0.15, 0.2) is 0 Å². The minimum absolute atomic E-state index is 0.360. The van der Waals surface area contributed by atoms with Crippen molar-refractivity contribution in [3.63, 3.8) is 0 Å². The van der Waals surface area contributed by atoms with Gasteiger partial charge in [-0.05, 0) is 36.4 Å². The molecule has 0 fully saturated rings. The van der Waals surface area contributed by atoms with Gasteiger partial charge < -0.3 is 4.74 Å². The molecular weight excluding hydrogens is 303 g/mol. The Bertz CT molecular complexity index is 604. The van der Waals surface area contributed by atoms with Crippen LogP contribution in [0.4, 0.5) is 22.0 Å². The third-order valence-corrected chi connectivity index (χ3v) is 2.58. The van der Waals surface area contributed by atoms with Gasteiger partial charge in [-0.2, -0.15) is 8.78 Å². The smallest absolute Gasteiger partial charge is 0.429 e. The quantitative estimate of drug-likeness (QED) is 0.734. The van der Waals surface area contributed by atoms with Crippen LogP contribution in [-0.4, -0.2) is 0 Å². The largest absolute Gasteiger partial charge is 0.432 e. The summed E-state index contributed by atoms with van der Waals surface area (Å²) < 4.78 is 71.2. The van der Waals surface area contributed by atoms with Gasteiger partial charge in [-0.25, -0.2) is 13.2 Å². The number of ether oxygens (including phenoxy) is 1. The molecule has 2 rings (SSSR count). The zero-order chi connectivity index (χ0) is 14.9. The maximum Gasteiger partial charge on any atom is 0.432 e. The first-order valence-electron chi connectivity index (χ1n) is 5.27. The molecule has 1 nitrogen and oxygen atoms in total. The predicted molar refractivity (Wildman–Crippen MR) is 62.3 cm³/mol. The van der Waals surface area contributed by atoms with Gasteiger partial charge in [0, 0.05) is 5.02 Å². The summed E-state index contributed by atoms with van der Waals surface area (Å²) in [7, 11) is 0. The fraction of sp³-hybridized carbons (Fsp3) is 0.0769. The molecule has 0 N–H and O–H groups in total. The Morgan fingerprint density at radius 1 is 0.900 bits per heavy atom. The zero-order valence-electron chi connectivity index (χ0n) is 9.64. The predicted octanol–water partition coefficient (Wildman–Crippen LogP) is 4.89. The normalized spacial score (nSPS) is 11.5. The molecule has 0 bridgehead atoms. The highest BCUT2D eigenvalue weighted by Gasteiger charge is 2.41. The van der Waals surface area contributed by atoms with E-state index < -0.39 is 34.9 Å². The van der Waals surface area contributed by atoms with Gasteiger partial charge in [0.25, 0.3) is 0 Å². The Balaban J connectivity index is 2.37. The highest BCUT2D eigenvalue weighted by atomic mass is 35.5. The van der Waals surface area contributed by atoms with Crippen molar-refractivity contribution in [1.82, 2.24) is 0 Å². The first-order chi connectivity index (χ1) is 9.29. The minimum Gasteiger partial charge on any atom is -0.429 e. The maximum atomic E-state index is 13.8. The molecule has 20 heavy (non-hydrogen) atoms. The molecule has 106 valence electrons. The molecule has 0 aromatic heterocycles. The molecule has 0 spiro atoms. The Labute approximate surface area is 115 Å². The molecule has 0 aliphatic carbocycles. The SMILES string of the molecule is Fc1ccc(OC(F)(F)c2c(F)cc(Cl)cc2F)cc1. The summed E-state index contributed by atoms with van der Waals surface area (Å²) in [4.78, 5) is 0. The van der Waals surface area contributed by atoms with Gasteiger partial charge in [0.1, 0.15) is 28.8 Å². The molecule has 0 saturated carbocycles. The van der Waals surface area contributed by atoms with E-state index in [-0.39, 0.29) is 5.02 Å². The monoisotopic (exact) mass is 308 g/mol. The summed E-state index contributed by atoms with van der Waals surface area (Å²) in [5.74, 6) is -4.18. The Morgan fingerprint density at radius 2 is 1.40 bits per heavy atom. The lowest BCUT2D eigenvalue weighted by Gasteiger charge is -2.19. The van der Waals surface area contributed by atoms with E-state index in [0.717, 1.165) is 24.3 Å². The molecule has 0 heterocycles. The van der Waals surface area contributed by atoms with E-state index in [9.17, 15) is 22.0 Å². The first kappa shape index (κ1) is 14.6. The van der Waals surface area contributed by atoms with Crippen molar-refractivity contribution >= 4 is 11.6 Å². The maximum absolute atomic E-state index is 13.8. The second-order valence-corrected chi connectivity index (χ2v) is 4.25. The van der Waals surface area contributed by atoms with Gasteiger partial charge in [-0.1, -0.05) is 11.6 Å². The van der Waals surface area contributed by atoms with E-state index in [2.05, 4.69) is 4.74 Å². The van der Waals surface area contributed by atoms with Gasteiger partial charge in [0.05, 0.1) is 0 Å². The van der Waals surface area contributed by atoms with E-state index in [4.69, 9.17) is 11.6 Å². The second-order valence-electron chi connectivity index (χ2n) is 3.82. The minimum atomic E-state index is -4.27. The topological polar surface area (TPSA) is 9.23 Å². The third kappa shape index (κ3) is 3.01. The number of benzene rings is 2. The van der Waals surface area contributed by atoms with Crippen LogP contribution in [0.25, 0.3) is 0 Å². The Hall–Kier alpha value is -1.82. The molecule has 0 aliphatic heterocycles. The molecule has 0 unspecified atom stereocenters. The van der Waals surface area contributed by atoms with Crippen molar-refractivity contribution in [3.05, 3.63) is 64.4 Å². The van der Waals surface area contributed by atoms with E-state index in [1.165, 1.54) is 0 Å². The first-order valence-corrected chi connectivity index (χ1v) is 5.65. The van der Waals surface area contributed by atoms with Gasteiger partial charge >= 0.3 is 6.11 Å². The fourth-order valence-corrected chi connectivity index (χ4v) is 1.71. The summed E-state index contributed by atoms with van der Waals surface area (Å²) in [5, 5.41) is -0.360. The molecule has 2 aromatic carbocycles. The number of halogens is 6. The van der Waals surface area contributed by atoms with Crippen LogP contribution < -0.4 is 4.74 Å². The standard InChI is InChI=1S/C13H6ClF5O/c14-7-5-10(16)12(11(17)6-7)13(18,19)20-9-3-1-8(15)2-4-9/h1-6H. The van der Waals surface area contributed by atoms with Crippen molar-refractivity contribution < 1.29 is 26.7 Å². The van der Waals surface area contributed by atoms with Gasteiger partial charge in [-0.3, -0.25) is 0 Å². The van der Waals surface area contributed by atoms with Crippen molar-refractivity contribution in [3.8, 4) is 5.75 Å². The number of alkyl halides is 2. The van der Waals surface area contributed by atoms with Crippen LogP contribution >= 0.6 is 11.6 Å². The van der Waals surface area contributed by atoms with Crippen LogP contribution in [0.5, 0.6) is 5.75 Å². The molecular formula is C13H6ClF5O. The third-order valence-electron chi connectivity index (χ3n) is 2.36. The van der Waals surface area contributed by atoms with Crippen LogP contribution in [0.3, 0.4) is 0 Å². The zero-order valence-corrected chi connectivity index (χ0v) is 10.4. The molecule has 0 aliphatic rings. The summed E-state index contributed by atoms with van der Waals surface area (Å²) in [6.45, 7) is 0. The fourth-order valence-electron chi connectivity index (χ4n) is 1.52. The van der Waals surface area contributed by atoms with Crippen LogP contribution in [-0.2, 0) is 6.11 Å². The molecule has 2 aromatic rings. The number of rotatable bonds is 3. The van der Waals surface area contributed by atoms with Crippen molar-refractivity contribution in [2.24, 2.45) is 0 Å². The Kier molecular flexibility index (Phi) is 3.85. The van der Waals surface area contributed by atoms with Crippen molar-refractivity contribution in [2.45, 2.75) is 6.11 Å². The van der Waals surface area contributed by atoms with Crippen LogP contribution in [0, 0.1) is 17.5 Å². The molecule has 0 radical (unpaired) electrons. The average Bonchev–Trinajstić information content (AvgIpc) is 2.30. The summed E-state index contributed by atoms with van der Waals surface area (Å²) in [6, 6.07) is 4.66. The van der Waals surface area contributed by atoms with Crippen LogP contribution in [0.1, 0.15) is 5.56 Å². The van der Waals surface area contributed by atoms with E-state index in [1.807, 2.05) is 0 Å². The average molecular weight is 309 g/mol. The van der Waals surface area contributed by atoms with Gasteiger partial charge in [-0.15, -0.1) is 0 Å². The second kappa shape index (κ2) is 5.28. The summed E-state index contributed by atoms with van der Waals surface area (Å²) in [5.41, 5.74) is -1.56. The van der Waals surface area contributed by atoms with Crippen molar-refractivity contribution in [1.29, 1.82) is 0 Å². The van der Waals surface area contributed by atoms with E-state index >= 15 is 0 Å². The van der Waals surface area contributed by atoms with E-state index in [1.54, 1.807) is 0 Å². The lowest BCUT2D eigenvalue weighted by molar-refractivity contribution is -0.189. The molecule has 0 atom stereocenters. The lowest BCUT2D eigenvalue weighted by atomic mass is 10.2. The van der Waals surface area contributed by atoms with Gasteiger partial charge in [0.2, 0.25) is 0 Å². The molecule has 0 amide bonds. The van der Waals surface area contributed by atoms with E-state index in [0.29, 0.717) is 12.1 Å².